The van der Waals surface area contributed by atoms with E-state index in [0.717, 1.165) is 30.2 Å². The summed E-state index contributed by atoms with van der Waals surface area (Å²) in [4.78, 5) is 37.9. The zero-order chi connectivity index (χ0) is 20.5. The van der Waals surface area contributed by atoms with E-state index in [1.54, 1.807) is 12.1 Å². The van der Waals surface area contributed by atoms with Crippen molar-refractivity contribution in [2.45, 2.75) is 25.8 Å². The zero-order valence-corrected chi connectivity index (χ0v) is 15.4. The Labute approximate surface area is 160 Å². The van der Waals surface area contributed by atoms with Gasteiger partial charge in [-0.05, 0) is 49.2 Å². The van der Waals surface area contributed by atoms with Gasteiger partial charge in [0.2, 0.25) is 5.91 Å². The van der Waals surface area contributed by atoms with Gasteiger partial charge in [-0.25, -0.2) is 13.6 Å². The van der Waals surface area contributed by atoms with E-state index in [0.29, 0.717) is 10.6 Å². The lowest BCUT2D eigenvalue weighted by atomic mass is 9.91. The molecule has 6 nitrogen and oxygen atoms in total. The van der Waals surface area contributed by atoms with Gasteiger partial charge in [-0.15, -0.1) is 0 Å². The second-order valence-corrected chi connectivity index (χ2v) is 6.67. The molecule has 2 N–H and O–H groups in total. The highest BCUT2D eigenvalue weighted by atomic mass is 19.1. The van der Waals surface area contributed by atoms with Crippen LogP contribution in [0.3, 0.4) is 0 Å². The standard InChI is InChI=1S/C20H19F2N3O3/c1-3-12-4-7-14(8-5-12)23-17(26)11-25-18(27)20(2,24-19(25)28)15-10-13(21)6-9-16(15)22/h4-10H,3,11H2,1-2H3,(H,23,26)(H,24,28)/t20-/m1/s1. The lowest BCUT2D eigenvalue weighted by Gasteiger charge is -2.22. The lowest BCUT2D eigenvalue weighted by molar-refractivity contribution is -0.133. The summed E-state index contributed by atoms with van der Waals surface area (Å²) in [5.41, 5.74) is -0.483. The molecule has 2 aromatic rings. The first-order chi connectivity index (χ1) is 13.2. The van der Waals surface area contributed by atoms with Crippen LogP contribution in [-0.2, 0) is 21.5 Å². The van der Waals surface area contributed by atoms with Gasteiger partial charge in [0.05, 0.1) is 0 Å². The summed E-state index contributed by atoms with van der Waals surface area (Å²) in [6.45, 7) is 2.73. The van der Waals surface area contributed by atoms with Crippen LogP contribution in [-0.4, -0.2) is 29.3 Å². The monoisotopic (exact) mass is 387 g/mol. The third kappa shape index (κ3) is 3.58. The number of carbonyl (C=O) groups is 3. The van der Waals surface area contributed by atoms with Gasteiger partial charge in [0.1, 0.15) is 23.7 Å². The summed E-state index contributed by atoms with van der Waals surface area (Å²) >= 11 is 0. The van der Waals surface area contributed by atoms with Crippen LogP contribution in [0.25, 0.3) is 0 Å². The Morgan fingerprint density at radius 3 is 2.46 bits per heavy atom. The van der Waals surface area contributed by atoms with Crippen LogP contribution >= 0.6 is 0 Å². The largest absolute Gasteiger partial charge is 0.325 e. The Morgan fingerprint density at radius 2 is 1.82 bits per heavy atom. The van der Waals surface area contributed by atoms with Gasteiger partial charge in [-0.1, -0.05) is 19.1 Å². The molecule has 0 spiro atoms. The number of nitrogens with zero attached hydrogens (tertiary/aromatic N) is 1. The molecule has 1 fully saturated rings. The summed E-state index contributed by atoms with van der Waals surface area (Å²) in [7, 11) is 0. The van der Waals surface area contributed by atoms with E-state index < -0.39 is 41.6 Å². The first-order valence-corrected chi connectivity index (χ1v) is 8.73. The molecule has 0 aliphatic carbocycles. The first-order valence-electron chi connectivity index (χ1n) is 8.73. The van der Waals surface area contributed by atoms with Crippen molar-refractivity contribution in [3.63, 3.8) is 0 Å². The molecule has 2 aromatic carbocycles. The van der Waals surface area contributed by atoms with Crippen LogP contribution in [0, 0.1) is 11.6 Å². The molecule has 4 amide bonds. The maximum absolute atomic E-state index is 14.1. The number of nitrogens with one attached hydrogen (secondary N) is 2. The van der Waals surface area contributed by atoms with Crippen LogP contribution in [0.1, 0.15) is 25.0 Å². The fourth-order valence-electron chi connectivity index (χ4n) is 3.07. The molecular weight excluding hydrogens is 368 g/mol. The van der Waals surface area contributed by atoms with Gasteiger partial charge in [0.25, 0.3) is 5.91 Å². The van der Waals surface area contributed by atoms with E-state index in [9.17, 15) is 23.2 Å². The minimum absolute atomic E-state index is 0.302. The third-order valence-corrected chi connectivity index (χ3v) is 4.69. The van der Waals surface area contributed by atoms with Gasteiger partial charge in [-0.3, -0.25) is 14.5 Å². The number of urea groups is 1. The fraction of sp³-hybridized carbons (Fsp3) is 0.250. The summed E-state index contributed by atoms with van der Waals surface area (Å²) < 4.78 is 27.7. The van der Waals surface area contributed by atoms with Crippen molar-refractivity contribution in [3.05, 3.63) is 65.2 Å². The number of aryl methyl sites for hydroxylation is 1. The number of amides is 4. The van der Waals surface area contributed by atoms with E-state index in [2.05, 4.69) is 10.6 Å². The third-order valence-electron chi connectivity index (χ3n) is 4.69. The number of carbonyl (C=O) groups excluding carboxylic acids is 3. The number of anilines is 1. The minimum Gasteiger partial charge on any atom is -0.325 e. The maximum atomic E-state index is 14.1. The van der Waals surface area contributed by atoms with Crippen LogP contribution in [0.5, 0.6) is 0 Å². The Balaban J connectivity index is 1.76. The molecule has 1 aliphatic heterocycles. The zero-order valence-electron chi connectivity index (χ0n) is 15.4. The number of hydrogen-bond donors (Lipinski definition) is 2. The van der Waals surface area contributed by atoms with E-state index in [1.165, 1.54) is 6.92 Å². The highest BCUT2D eigenvalue weighted by Gasteiger charge is 2.50. The molecule has 0 radical (unpaired) electrons. The molecule has 1 heterocycles. The van der Waals surface area contributed by atoms with Gasteiger partial charge in [0, 0.05) is 11.3 Å². The second-order valence-electron chi connectivity index (χ2n) is 6.67. The Kier molecular flexibility index (Phi) is 5.13. The molecule has 28 heavy (non-hydrogen) atoms. The van der Waals surface area contributed by atoms with Crippen LogP contribution in [0.2, 0.25) is 0 Å². The molecule has 0 unspecified atom stereocenters. The SMILES string of the molecule is CCc1ccc(NC(=O)CN2C(=O)N[C@](C)(c3cc(F)ccc3F)C2=O)cc1. The summed E-state index contributed by atoms with van der Waals surface area (Å²) in [5.74, 6) is -3.00. The predicted molar refractivity (Wildman–Crippen MR) is 98.4 cm³/mol. The normalized spacial score (nSPS) is 18.9. The van der Waals surface area contributed by atoms with E-state index >= 15 is 0 Å². The molecular formula is C20H19F2N3O3. The van der Waals surface area contributed by atoms with Crippen molar-refractivity contribution in [1.82, 2.24) is 10.2 Å². The molecule has 1 aliphatic rings. The predicted octanol–water partition coefficient (Wildman–Crippen LogP) is 2.93. The molecule has 0 aromatic heterocycles. The van der Waals surface area contributed by atoms with Gasteiger partial charge < -0.3 is 10.6 Å². The number of benzene rings is 2. The molecule has 3 rings (SSSR count). The number of rotatable bonds is 5. The van der Waals surface area contributed by atoms with Crippen LogP contribution in [0.15, 0.2) is 42.5 Å². The van der Waals surface area contributed by atoms with E-state index in [-0.39, 0.29) is 5.56 Å². The van der Waals surface area contributed by atoms with Crippen LogP contribution < -0.4 is 10.6 Å². The average Bonchev–Trinajstić information content (AvgIpc) is 2.88. The quantitative estimate of drug-likeness (QED) is 0.775. The topological polar surface area (TPSA) is 78.5 Å². The fourth-order valence-corrected chi connectivity index (χ4v) is 3.07. The van der Waals surface area contributed by atoms with E-state index in [1.807, 2.05) is 19.1 Å². The minimum atomic E-state index is -1.80. The molecule has 1 saturated heterocycles. The van der Waals surface area contributed by atoms with Gasteiger partial charge >= 0.3 is 6.03 Å². The van der Waals surface area contributed by atoms with E-state index in [4.69, 9.17) is 0 Å². The van der Waals surface area contributed by atoms with Crippen molar-refractivity contribution in [3.8, 4) is 0 Å². The van der Waals surface area contributed by atoms with Gasteiger partial charge in [-0.2, -0.15) is 0 Å². The maximum Gasteiger partial charge on any atom is 0.325 e. The van der Waals surface area contributed by atoms with Gasteiger partial charge in [0.15, 0.2) is 0 Å². The highest BCUT2D eigenvalue weighted by Crippen LogP contribution is 2.31. The lowest BCUT2D eigenvalue weighted by Crippen LogP contribution is -2.42. The average molecular weight is 387 g/mol. The van der Waals surface area contributed by atoms with Crippen LogP contribution in [0.4, 0.5) is 19.3 Å². The van der Waals surface area contributed by atoms with Crippen molar-refractivity contribution < 1.29 is 23.2 Å². The molecule has 146 valence electrons. The van der Waals surface area contributed by atoms with Crippen molar-refractivity contribution in [2.24, 2.45) is 0 Å². The Bertz CT molecular complexity index is 946. The Morgan fingerprint density at radius 1 is 1.14 bits per heavy atom. The number of imide groups is 1. The highest BCUT2D eigenvalue weighted by molar-refractivity contribution is 6.10. The van der Waals surface area contributed by atoms with Crippen molar-refractivity contribution in [2.75, 3.05) is 11.9 Å². The number of hydrogen-bond acceptors (Lipinski definition) is 3. The Hall–Kier alpha value is -3.29. The molecule has 0 bridgehead atoms. The molecule has 8 heteroatoms. The second kappa shape index (κ2) is 7.38. The first kappa shape index (κ1) is 19.5. The van der Waals surface area contributed by atoms with Crippen molar-refractivity contribution in [1.29, 1.82) is 0 Å². The summed E-state index contributed by atoms with van der Waals surface area (Å²) in [6.07, 6.45) is 0.853. The smallest absolute Gasteiger partial charge is 0.325 e. The summed E-state index contributed by atoms with van der Waals surface area (Å²) in [6, 6.07) is 8.94. The molecule has 0 saturated carbocycles. The number of halogens is 2. The molecule has 1 atom stereocenters. The summed E-state index contributed by atoms with van der Waals surface area (Å²) in [5, 5.41) is 4.95. The van der Waals surface area contributed by atoms with Crippen molar-refractivity contribution >= 4 is 23.5 Å².